The van der Waals surface area contributed by atoms with Crippen molar-refractivity contribution in [2.45, 2.75) is 36.1 Å². The van der Waals surface area contributed by atoms with Gasteiger partial charge in [0, 0.05) is 6.04 Å². The third kappa shape index (κ3) is 3.19. The number of nitrogens with zero attached hydrogens (tertiary/aromatic N) is 2. The van der Waals surface area contributed by atoms with Crippen LogP contribution in [0.25, 0.3) is 0 Å². The summed E-state index contributed by atoms with van der Waals surface area (Å²) in [6.07, 6.45) is 5.19. The Labute approximate surface area is 109 Å². The van der Waals surface area contributed by atoms with E-state index >= 15 is 0 Å². The third-order valence-corrected chi connectivity index (χ3v) is 5.11. The predicted molar refractivity (Wildman–Crippen MR) is 68.0 cm³/mol. The van der Waals surface area contributed by atoms with Crippen molar-refractivity contribution in [1.29, 1.82) is 0 Å². The van der Waals surface area contributed by atoms with E-state index in [1.54, 1.807) is 5.51 Å². The van der Waals surface area contributed by atoms with Crippen LogP contribution in [0.4, 0.5) is 0 Å². The Morgan fingerprint density at radius 2 is 2.18 bits per heavy atom. The molecule has 0 saturated heterocycles. The van der Waals surface area contributed by atoms with Gasteiger partial charge in [0.05, 0.1) is 5.75 Å². The molecule has 17 heavy (non-hydrogen) atoms. The van der Waals surface area contributed by atoms with Gasteiger partial charge in [-0.05, 0) is 37.5 Å². The van der Waals surface area contributed by atoms with E-state index in [9.17, 15) is 4.79 Å². The molecule has 1 heterocycles. The lowest BCUT2D eigenvalue weighted by atomic mass is 10.1. The summed E-state index contributed by atoms with van der Waals surface area (Å²) >= 11 is 2.96. The van der Waals surface area contributed by atoms with Gasteiger partial charge in [0.25, 0.3) is 0 Å². The summed E-state index contributed by atoms with van der Waals surface area (Å²) in [4.78, 5) is 11.8. The number of hydrogen-bond donors (Lipinski definition) is 1. The standard InChI is InChI=1S/C11H15N3OS2/c15-9(5-16-11-14-12-6-17-11)13-10(7-1-2-7)8-3-4-8/h6-8,10H,1-5H2,(H,13,15). The van der Waals surface area contributed by atoms with Crippen LogP contribution in [0.15, 0.2) is 9.85 Å². The van der Waals surface area contributed by atoms with E-state index in [1.807, 2.05) is 0 Å². The first kappa shape index (κ1) is 11.5. The summed E-state index contributed by atoms with van der Waals surface area (Å²) in [6, 6.07) is 0.456. The van der Waals surface area contributed by atoms with Gasteiger partial charge in [-0.2, -0.15) is 0 Å². The maximum Gasteiger partial charge on any atom is 0.230 e. The molecule has 0 radical (unpaired) electrons. The van der Waals surface area contributed by atoms with Crippen LogP contribution in [0.2, 0.25) is 0 Å². The zero-order chi connectivity index (χ0) is 11.7. The molecule has 6 heteroatoms. The van der Waals surface area contributed by atoms with E-state index in [0.717, 1.165) is 16.2 Å². The molecule has 1 aromatic rings. The molecule has 92 valence electrons. The molecule has 0 spiro atoms. The number of thioether (sulfide) groups is 1. The highest BCUT2D eigenvalue weighted by Gasteiger charge is 2.42. The minimum atomic E-state index is 0.147. The molecule has 0 atom stereocenters. The number of aromatic nitrogens is 2. The molecule has 2 saturated carbocycles. The molecule has 0 bridgehead atoms. The van der Waals surface area contributed by atoms with Crippen molar-refractivity contribution in [2.24, 2.45) is 11.8 Å². The van der Waals surface area contributed by atoms with E-state index in [4.69, 9.17) is 0 Å². The second kappa shape index (κ2) is 4.94. The second-order valence-electron chi connectivity index (χ2n) is 4.76. The molecule has 3 rings (SSSR count). The molecule has 0 aliphatic heterocycles. The van der Waals surface area contributed by atoms with Gasteiger partial charge in [0.15, 0.2) is 4.34 Å². The Kier molecular flexibility index (Phi) is 3.33. The van der Waals surface area contributed by atoms with E-state index < -0.39 is 0 Å². The Balaban J connectivity index is 1.45. The van der Waals surface area contributed by atoms with Crippen molar-refractivity contribution in [1.82, 2.24) is 15.5 Å². The lowest BCUT2D eigenvalue weighted by Crippen LogP contribution is -2.39. The van der Waals surface area contributed by atoms with Crippen LogP contribution in [-0.2, 0) is 4.79 Å². The molecule has 0 unspecified atom stereocenters. The molecule has 1 aromatic heterocycles. The average molecular weight is 269 g/mol. The Morgan fingerprint density at radius 3 is 2.71 bits per heavy atom. The van der Waals surface area contributed by atoms with Crippen molar-refractivity contribution in [2.75, 3.05) is 5.75 Å². The van der Waals surface area contributed by atoms with Crippen molar-refractivity contribution >= 4 is 29.0 Å². The highest BCUT2D eigenvalue weighted by Crippen LogP contribution is 2.44. The zero-order valence-corrected chi connectivity index (χ0v) is 11.1. The summed E-state index contributed by atoms with van der Waals surface area (Å²) in [5.41, 5.74) is 1.69. The molecular weight excluding hydrogens is 254 g/mol. The SMILES string of the molecule is O=C(CSc1nncs1)NC(C1CC1)C1CC1. The van der Waals surface area contributed by atoms with Crippen LogP contribution in [0.1, 0.15) is 25.7 Å². The topological polar surface area (TPSA) is 54.9 Å². The number of nitrogens with one attached hydrogen (secondary N) is 1. The molecular formula is C11H15N3OS2. The fourth-order valence-electron chi connectivity index (χ4n) is 2.11. The van der Waals surface area contributed by atoms with Gasteiger partial charge >= 0.3 is 0 Å². The van der Waals surface area contributed by atoms with E-state index in [-0.39, 0.29) is 5.91 Å². The number of carbonyl (C=O) groups is 1. The van der Waals surface area contributed by atoms with Gasteiger partial charge in [0.1, 0.15) is 5.51 Å². The molecule has 4 nitrogen and oxygen atoms in total. The lowest BCUT2D eigenvalue weighted by molar-refractivity contribution is -0.119. The largest absolute Gasteiger partial charge is 0.352 e. The minimum Gasteiger partial charge on any atom is -0.352 e. The highest BCUT2D eigenvalue weighted by molar-refractivity contribution is 8.01. The van der Waals surface area contributed by atoms with Gasteiger partial charge in [-0.25, -0.2) is 0 Å². The first-order valence-electron chi connectivity index (χ1n) is 6.01. The summed E-state index contributed by atoms with van der Waals surface area (Å²) in [5, 5.41) is 10.9. The van der Waals surface area contributed by atoms with Crippen LogP contribution >= 0.6 is 23.1 Å². The van der Waals surface area contributed by atoms with E-state index in [0.29, 0.717) is 11.8 Å². The summed E-state index contributed by atoms with van der Waals surface area (Å²) in [7, 11) is 0. The highest BCUT2D eigenvalue weighted by atomic mass is 32.2. The zero-order valence-electron chi connectivity index (χ0n) is 9.46. The van der Waals surface area contributed by atoms with Crippen LogP contribution in [0.5, 0.6) is 0 Å². The number of amides is 1. The molecule has 1 N–H and O–H groups in total. The average Bonchev–Trinajstić information content (AvgIpc) is 3.24. The first-order chi connectivity index (χ1) is 8.33. The summed E-state index contributed by atoms with van der Waals surface area (Å²) in [5.74, 6) is 2.13. The van der Waals surface area contributed by atoms with Gasteiger partial charge in [-0.1, -0.05) is 23.1 Å². The minimum absolute atomic E-state index is 0.147. The van der Waals surface area contributed by atoms with Gasteiger partial charge in [0.2, 0.25) is 5.91 Å². The Morgan fingerprint density at radius 1 is 1.47 bits per heavy atom. The van der Waals surface area contributed by atoms with Crippen LogP contribution in [0, 0.1) is 11.8 Å². The molecule has 2 fully saturated rings. The fraction of sp³-hybridized carbons (Fsp3) is 0.727. The van der Waals surface area contributed by atoms with Crippen LogP contribution in [-0.4, -0.2) is 27.9 Å². The smallest absolute Gasteiger partial charge is 0.230 e. The number of hydrogen-bond acceptors (Lipinski definition) is 5. The predicted octanol–water partition coefficient (Wildman–Crippen LogP) is 1.94. The van der Waals surface area contributed by atoms with Gasteiger partial charge in [-0.3, -0.25) is 4.79 Å². The third-order valence-electron chi connectivity index (χ3n) is 3.25. The maximum atomic E-state index is 11.8. The van der Waals surface area contributed by atoms with Gasteiger partial charge < -0.3 is 5.32 Å². The fourth-order valence-corrected chi connectivity index (χ4v) is 3.41. The van der Waals surface area contributed by atoms with Crippen molar-refractivity contribution in [3.63, 3.8) is 0 Å². The van der Waals surface area contributed by atoms with Crippen LogP contribution in [0.3, 0.4) is 0 Å². The van der Waals surface area contributed by atoms with Crippen molar-refractivity contribution in [3.8, 4) is 0 Å². The maximum absolute atomic E-state index is 11.8. The van der Waals surface area contributed by atoms with Crippen molar-refractivity contribution < 1.29 is 4.79 Å². The number of carbonyl (C=O) groups excluding carboxylic acids is 1. The quantitative estimate of drug-likeness (QED) is 0.802. The van der Waals surface area contributed by atoms with Crippen molar-refractivity contribution in [3.05, 3.63) is 5.51 Å². The molecule has 0 aromatic carbocycles. The summed E-state index contributed by atoms with van der Waals surface area (Å²) in [6.45, 7) is 0. The molecule has 2 aliphatic rings. The molecule has 1 amide bonds. The monoisotopic (exact) mass is 269 g/mol. The Hall–Kier alpha value is -0.620. The van der Waals surface area contributed by atoms with E-state index in [1.165, 1.54) is 48.8 Å². The lowest BCUT2D eigenvalue weighted by Gasteiger charge is -2.17. The number of rotatable bonds is 6. The summed E-state index contributed by atoms with van der Waals surface area (Å²) < 4.78 is 0.870. The normalized spacial score (nSPS) is 19.6. The second-order valence-corrected chi connectivity index (χ2v) is 6.82. The molecule has 2 aliphatic carbocycles. The first-order valence-corrected chi connectivity index (χ1v) is 7.88. The van der Waals surface area contributed by atoms with E-state index in [2.05, 4.69) is 15.5 Å². The van der Waals surface area contributed by atoms with Crippen LogP contribution < -0.4 is 5.32 Å². The van der Waals surface area contributed by atoms with Gasteiger partial charge in [-0.15, -0.1) is 10.2 Å². The Bertz CT molecular complexity index is 375.